The summed E-state index contributed by atoms with van der Waals surface area (Å²) in [4.78, 5) is 16.4. The number of aromatic nitrogens is 3. The van der Waals surface area contributed by atoms with E-state index in [0.29, 0.717) is 17.5 Å². The number of nitrogens with zero attached hydrogens (tertiary/aromatic N) is 3. The van der Waals surface area contributed by atoms with E-state index in [2.05, 4.69) is 237 Å². The highest BCUT2D eigenvalue weighted by molar-refractivity contribution is 7.26. The maximum absolute atomic E-state index is 5.51. The van der Waals surface area contributed by atoms with Crippen LogP contribution in [-0.4, -0.2) is 15.0 Å². The van der Waals surface area contributed by atoms with Gasteiger partial charge in [0, 0.05) is 57.0 Å². The minimum Gasteiger partial charge on any atom is -0.208 e. The molecule has 0 N–H and O–H groups in total. The molecule has 0 fully saturated rings. The fraction of sp³-hybridized carbons (Fsp3) is 0.0156. The molecule has 0 unspecified atom stereocenters. The molecule has 0 aliphatic heterocycles. The molecule has 3 heterocycles. The van der Waals surface area contributed by atoms with Crippen molar-refractivity contribution in [2.45, 2.75) is 5.41 Å². The van der Waals surface area contributed by atoms with Gasteiger partial charge in [0.1, 0.15) is 0 Å². The standard InChI is InChI=1S/C64H39N3S2/c1-3-21-45(22-4-1)64(46-23-5-2-6-24-46)54-31-10-7-27-50(54)59-51(29-16-32-55(59)64)62-65-61(66-63(67-62)52-30-15-28-49-47-25-8-12-34-57(47)69-60(49)52)44-20-14-19-42(38-44)40-17-13-18-41(37-40)43-35-36-58-53(39-43)48-26-9-11-33-56(48)68-58/h1-39H. The lowest BCUT2D eigenvalue weighted by molar-refractivity contribution is 0.768. The van der Waals surface area contributed by atoms with E-state index in [1.165, 1.54) is 74.6 Å². The molecular weight excluding hydrogens is 875 g/mol. The average Bonchev–Trinajstić information content (AvgIpc) is 4.10. The molecular formula is C64H39N3S2. The maximum Gasteiger partial charge on any atom is 0.165 e. The summed E-state index contributed by atoms with van der Waals surface area (Å²) in [5, 5.41) is 5.05. The van der Waals surface area contributed by atoms with Crippen LogP contribution in [0.25, 0.3) is 108 Å². The van der Waals surface area contributed by atoms with Gasteiger partial charge in [-0.25, -0.2) is 15.0 Å². The van der Waals surface area contributed by atoms with E-state index in [9.17, 15) is 0 Å². The van der Waals surface area contributed by atoms with E-state index >= 15 is 0 Å². The van der Waals surface area contributed by atoms with Gasteiger partial charge in [-0.2, -0.15) is 0 Å². The van der Waals surface area contributed by atoms with Crippen molar-refractivity contribution in [3.63, 3.8) is 0 Å². The first-order valence-electron chi connectivity index (χ1n) is 23.3. The highest BCUT2D eigenvalue weighted by Gasteiger charge is 2.47. The predicted octanol–water partition coefficient (Wildman–Crippen LogP) is 17.3. The second-order valence-electron chi connectivity index (χ2n) is 17.8. The van der Waals surface area contributed by atoms with Crippen LogP contribution in [-0.2, 0) is 5.41 Å². The van der Waals surface area contributed by atoms with Crippen molar-refractivity contribution in [2.24, 2.45) is 0 Å². The largest absolute Gasteiger partial charge is 0.208 e. The third-order valence-corrected chi connectivity index (χ3v) is 16.4. The first-order valence-corrected chi connectivity index (χ1v) is 25.0. The Kier molecular flexibility index (Phi) is 9.16. The van der Waals surface area contributed by atoms with Crippen LogP contribution in [0.4, 0.5) is 0 Å². The summed E-state index contributed by atoms with van der Waals surface area (Å²) in [5.74, 6) is 1.92. The number of hydrogen-bond donors (Lipinski definition) is 0. The summed E-state index contributed by atoms with van der Waals surface area (Å²) in [5.41, 5.74) is 14.1. The summed E-state index contributed by atoms with van der Waals surface area (Å²) < 4.78 is 5.02. The van der Waals surface area contributed by atoms with Crippen molar-refractivity contribution >= 4 is 63.0 Å². The van der Waals surface area contributed by atoms with Gasteiger partial charge in [-0.1, -0.05) is 194 Å². The summed E-state index contributed by atoms with van der Waals surface area (Å²) in [6.07, 6.45) is 0. The molecule has 0 spiro atoms. The zero-order chi connectivity index (χ0) is 45.5. The quantitative estimate of drug-likeness (QED) is 0.160. The van der Waals surface area contributed by atoms with E-state index in [1.54, 1.807) is 11.3 Å². The molecule has 0 saturated carbocycles. The SMILES string of the molecule is c1ccc(C2(c3ccccc3)c3ccccc3-c3c(-c4nc(-c5cccc(-c6cccc(-c7ccc8sc9ccccc9c8c7)c6)c5)nc(-c5cccc6c5sc5ccccc56)n4)cccc32)cc1. The molecule has 10 aromatic carbocycles. The van der Waals surface area contributed by atoms with Gasteiger partial charge in [-0.3, -0.25) is 0 Å². The molecule has 13 aromatic rings. The minimum absolute atomic E-state index is 0.558. The van der Waals surface area contributed by atoms with Gasteiger partial charge in [0.15, 0.2) is 17.5 Å². The molecule has 0 radical (unpaired) electrons. The fourth-order valence-corrected chi connectivity index (χ4v) is 13.3. The van der Waals surface area contributed by atoms with Crippen LogP contribution in [0.2, 0.25) is 0 Å². The maximum atomic E-state index is 5.51. The molecule has 0 amide bonds. The van der Waals surface area contributed by atoms with E-state index in [4.69, 9.17) is 15.0 Å². The van der Waals surface area contributed by atoms with Gasteiger partial charge >= 0.3 is 0 Å². The number of hydrogen-bond acceptors (Lipinski definition) is 5. The van der Waals surface area contributed by atoms with Gasteiger partial charge < -0.3 is 0 Å². The van der Waals surface area contributed by atoms with Crippen molar-refractivity contribution in [1.29, 1.82) is 0 Å². The Morgan fingerprint density at radius 2 is 0.768 bits per heavy atom. The molecule has 3 aromatic heterocycles. The topological polar surface area (TPSA) is 38.7 Å². The van der Waals surface area contributed by atoms with Gasteiger partial charge in [-0.05, 0) is 98.1 Å². The zero-order valence-electron chi connectivity index (χ0n) is 37.2. The normalized spacial score (nSPS) is 12.8. The highest BCUT2D eigenvalue weighted by atomic mass is 32.1. The van der Waals surface area contributed by atoms with Crippen LogP contribution >= 0.6 is 22.7 Å². The summed E-state index contributed by atoms with van der Waals surface area (Å²) in [6.45, 7) is 0. The summed E-state index contributed by atoms with van der Waals surface area (Å²) in [7, 11) is 0. The Morgan fingerprint density at radius 3 is 1.51 bits per heavy atom. The lowest BCUT2D eigenvalue weighted by Gasteiger charge is -2.33. The minimum atomic E-state index is -0.558. The van der Waals surface area contributed by atoms with Crippen molar-refractivity contribution in [1.82, 2.24) is 15.0 Å². The third-order valence-electron chi connectivity index (χ3n) is 14.0. The number of rotatable bonds is 7. The molecule has 5 heteroatoms. The Morgan fingerprint density at radius 1 is 0.290 bits per heavy atom. The van der Waals surface area contributed by atoms with Crippen molar-refractivity contribution in [3.8, 4) is 67.5 Å². The van der Waals surface area contributed by atoms with Gasteiger partial charge in [0.25, 0.3) is 0 Å². The average molecular weight is 914 g/mol. The molecule has 3 nitrogen and oxygen atoms in total. The van der Waals surface area contributed by atoms with E-state index in [0.717, 1.165) is 38.1 Å². The van der Waals surface area contributed by atoms with Crippen LogP contribution in [0.5, 0.6) is 0 Å². The van der Waals surface area contributed by atoms with Gasteiger partial charge in [0.2, 0.25) is 0 Å². The molecule has 0 bridgehead atoms. The van der Waals surface area contributed by atoms with Gasteiger partial charge in [0.05, 0.1) is 5.41 Å². The zero-order valence-corrected chi connectivity index (χ0v) is 38.8. The predicted molar refractivity (Wildman–Crippen MR) is 290 cm³/mol. The molecule has 0 atom stereocenters. The Bertz CT molecular complexity index is 4110. The Balaban J connectivity index is 0.966. The van der Waals surface area contributed by atoms with E-state index in [1.807, 2.05) is 11.3 Å². The molecule has 1 aliphatic rings. The Labute approximate surface area is 407 Å². The molecule has 1 aliphatic carbocycles. The molecule has 14 rings (SSSR count). The summed E-state index contributed by atoms with van der Waals surface area (Å²) >= 11 is 3.64. The van der Waals surface area contributed by atoms with Crippen LogP contribution in [0, 0.1) is 0 Å². The fourth-order valence-electron chi connectivity index (χ4n) is 11.0. The molecule has 69 heavy (non-hydrogen) atoms. The second kappa shape index (κ2) is 15.9. The third kappa shape index (κ3) is 6.28. The first kappa shape index (κ1) is 39.8. The monoisotopic (exact) mass is 913 g/mol. The first-order chi connectivity index (χ1) is 34.2. The molecule has 0 saturated heterocycles. The smallest absolute Gasteiger partial charge is 0.165 e. The lowest BCUT2D eigenvalue weighted by Crippen LogP contribution is -2.28. The van der Waals surface area contributed by atoms with Gasteiger partial charge in [-0.15, -0.1) is 22.7 Å². The summed E-state index contributed by atoms with van der Waals surface area (Å²) in [6, 6.07) is 85.7. The Hall–Kier alpha value is -8.35. The lowest BCUT2D eigenvalue weighted by atomic mass is 9.67. The number of thiophene rings is 2. The van der Waals surface area contributed by atoms with E-state index in [-0.39, 0.29) is 0 Å². The highest BCUT2D eigenvalue weighted by Crippen LogP contribution is 2.58. The number of benzene rings is 10. The van der Waals surface area contributed by atoms with Crippen LogP contribution in [0.1, 0.15) is 22.3 Å². The van der Waals surface area contributed by atoms with Crippen LogP contribution in [0.3, 0.4) is 0 Å². The van der Waals surface area contributed by atoms with E-state index < -0.39 is 5.41 Å². The van der Waals surface area contributed by atoms with Crippen molar-refractivity contribution < 1.29 is 0 Å². The van der Waals surface area contributed by atoms with Crippen molar-refractivity contribution in [3.05, 3.63) is 259 Å². The number of fused-ring (bicyclic) bond motifs is 9. The van der Waals surface area contributed by atoms with Crippen LogP contribution in [0.15, 0.2) is 237 Å². The van der Waals surface area contributed by atoms with Crippen molar-refractivity contribution in [2.75, 3.05) is 0 Å². The molecule has 322 valence electrons. The van der Waals surface area contributed by atoms with Crippen LogP contribution < -0.4 is 0 Å². The second-order valence-corrected chi connectivity index (χ2v) is 19.9.